The molecule has 112 valence electrons. The van der Waals surface area contributed by atoms with Crippen LogP contribution in [0.25, 0.3) is 0 Å². The molecule has 3 unspecified atom stereocenters. The van der Waals surface area contributed by atoms with Gasteiger partial charge in [-0.3, -0.25) is 4.79 Å². The van der Waals surface area contributed by atoms with Crippen LogP contribution in [0.4, 0.5) is 0 Å². The highest BCUT2D eigenvalue weighted by atomic mass is 16.2. The molecule has 4 rings (SSSR count). The summed E-state index contributed by atoms with van der Waals surface area (Å²) < 4.78 is 0. The van der Waals surface area contributed by atoms with Gasteiger partial charge in [0.1, 0.15) is 0 Å². The number of hydrogen-bond acceptors (Lipinski definition) is 2. The van der Waals surface area contributed by atoms with Crippen molar-refractivity contribution < 1.29 is 4.79 Å². The minimum Gasteiger partial charge on any atom is -0.342 e. The molecule has 2 fully saturated rings. The first-order chi connectivity index (χ1) is 10.2. The van der Waals surface area contributed by atoms with E-state index >= 15 is 0 Å². The second kappa shape index (κ2) is 4.84. The van der Waals surface area contributed by atoms with Crippen LogP contribution in [0.5, 0.6) is 0 Å². The molecule has 21 heavy (non-hydrogen) atoms. The molecule has 3 aliphatic rings. The van der Waals surface area contributed by atoms with Crippen molar-refractivity contribution >= 4 is 5.91 Å². The molecule has 1 N–H and O–H groups in total. The fraction of sp³-hybridized carbons (Fsp3) is 0.611. The molecular weight excluding hydrogens is 260 g/mol. The quantitative estimate of drug-likeness (QED) is 0.920. The molecule has 1 heterocycles. The van der Waals surface area contributed by atoms with Gasteiger partial charge in [-0.15, -0.1) is 0 Å². The van der Waals surface area contributed by atoms with Crippen molar-refractivity contribution in [3.63, 3.8) is 0 Å². The van der Waals surface area contributed by atoms with Gasteiger partial charge in [0.15, 0.2) is 0 Å². The molecule has 1 saturated heterocycles. The van der Waals surface area contributed by atoms with E-state index in [4.69, 9.17) is 0 Å². The smallest absolute Gasteiger partial charge is 0.226 e. The largest absolute Gasteiger partial charge is 0.342 e. The zero-order valence-corrected chi connectivity index (χ0v) is 12.8. The van der Waals surface area contributed by atoms with Crippen LogP contribution in [0.3, 0.4) is 0 Å². The Morgan fingerprint density at radius 2 is 2.29 bits per heavy atom. The summed E-state index contributed by atoms with van der Waals surface area (Å²) in [6, 6.07) is 8.75. The van der Waals surface area contributed by atoms with Gasteiger partial charge < -0.3 is 10.2 Å². The minimum atomic E-state index is 0.203. The first-order valence-corrected chi connectivity index (χ1v) is 8.26. The average molecular weight is 284 g/mol. The lowest BCUT2D eigenvalue weighted by Gasteiger charge is -2.19. The Kier molecular flexibility index (Phi) is 3.07. The van der Waals surface area contributed by atoms with Crippen LogP contribution in [0.1, 0.15) is 30.4 Å². The number of hydrogen-bond donors (Lipinski definition) is 1. The number of rotatable bonds is 3. The number of fused-ring (bicyclic) bond motifs is 2. The summed E-state index contributed by atoms with van der Waals surface area (Å²) in [6.45, 7) is 2.94. The standard InChI is InChI=1S/C18H24N2O/c1-19-11-13-7-9-20(12-13)17(21)16-10-18(16)8-6-14-4-2-3-5-15(14)18/h2-5,13,16,19H,6-12H2,1H3. The number of nitrogens with zero attached hydrogens (tertiary/aromatic N) is 1. The minimum absolute atomic E-state index is 0.203. The molecule has 0 aromatic heterocycles. The topological polar surface area (TPSA) is 32.3 Å². The van der Waals surface area contributed by atoms with E-state index < -0.39 is 0 Å². The summed E-state index contributed by atoms with van der Waals surface area (Å²) in [4.78, 5) is 15.0. The third-order valence-corrected chi connectivity index (χ3v) is 5.86. The maximum absolute atomic E-state index is 12.8. The molecular formula is C18H24N2O. The van der Waals surface area contributed by atoms with E-state index in [1.54, 1.807) is 0 Å². The van der Waals surface area contributed by atoms with Crippen molar-refractivity contribution in [1.82, 2.24) is 10.2 Å². The van der Waals surface area contributed by atoms with Gasteiger partial charge >= 0.3 is 0 Å². The monoisotopic (exact) mass is 284 g/mol. The Morgan fingerprint density at radius 1 is 1.43 bits per heavy atom. The highest BCUT2D eigenvalue weighted by molar-refractivity contribution is 5.85. The van der Waals surface area contributed by atoms with Crippen LogP contribution in [0.15, 0.2) is 24.3 Å². The number of benzene rings is 1. The third-order valence-electron chi connectivity index (χ3n) is 5.86. The molecule has 3 nitrogen and oxygen atoms in total. The second-order valence-corrected chi connectivity index (χ2v) is 7.07. The first-order valence-electron chi connectivity index (χ1n) is 8.26. The Balaban J connectivity index is 1.47. The molecule has 3 atom stereocenters. The van der Waals surface area contributed by atoms with Crippen molar-refractivity contribution in [3.8, 4) is 0 Å². The molecule has 1 aliphatic heterocycles. The highest BCUT2D eigenvalue weighted by Gasteiger charge is 2.62. The van der Waals surface area contributed by atoms with Crippen LogP contribution >= 0.6 is 0 Å². The van der Waals surface area contributed by atoms with E-state index in [9.17, 15) is 4.79 Å². The van der Waals surface area contributed by atoms with E-state index in [-0.39, 0.29) is 11.3 Å². The van der Waals surface area contributed by atoms with Crippen molar-refractivity contribution in [2.75, 3.05) is 26.7 Å². The van der Waals surface area contributed by atoms with Gasteiger partial charge in [0.2, 0.25) is 5.91 Å². The van der Waals surface area contributed by atoms with Crippen LogP contribution in [0.2, 0.25) is 0 Å². The normalized spacial score (nSPS) is 33.5. The average Bonchev–Trinajstić information content (AvgIpc) is 2.85. The van der Waals surface area contributed by atoms with Crippen LogP contribution in [0, 0.1) is 11.8 Å². The summed E-state index contributed by atoms with van der Waals surface area (Å²) >= 11 is 0. The molecule has 0 bridgehead atoms. The van der Waals surface area contributed by atoms with Gasteiger partial charge in [-0.25, -0.2) is 0 Å². The zero-order chi connectivity index (χ0) is 14.4. The van der Waals surface area contributed by atoms with Gasteiger partial charge in [0.05, 0.1) is 0 Å². The highest BCUT2D eigenvalue weighted by Crippen LogP contribution is 2.62. The van der Waals surface area contributed by atoms with E-state index in [0.717, 1.165) is 38.9 Å². The van der Waals surface area contributed by atoms with Gasteiger partial charge in [0, 0.05) is 24.4 Å². The molecule has 1 aromatic carbocycles. The SMILES string of the molecule is CNCC1CCN(C(=O)C2CC23CCc2ccccc23)C1. The number of carbonyl (C=O) groups excluding carboxylic acids is 1. The predicted octanol–water partition coefficient (Wildman–Crippen LogP) is 1.96. The molecule has 1 spiro atoms. The van der Waals surface area contributed by atoms with E-state index in [0.29, 0.717) is 11.8 Å². The number of carbonyl (C=O) groups is 1. The molecule has 3 heteroatoms. The maximum Gasteiger partial charge on any atom is 0.226 e. The van der Waals surface area contributed by atoms with Crippen molar-refractivity contribution in [2.24, 2.45) is 11.8 Å². The van der Waals surface area contributed by atoms with E-state index in [1.807, 2.05) is 7.05 Å². The number of nitrogens with one attached hydrogen (secondary N) is 1. The van der Waals surface area contributed by atoms with Crippen LogP contribution in [-0.4, -0.2) is 37.5 Å². The Morgan fingerprint density at radius 3 is 3.14 bits per heavy atom. The molecule has 1 saturated carbocycles. The number of amides is 1. The second-order valence-electron chi connectivity index (χ2n) is 7.07. The molecule has 1 aromatic rings. The van der Waals surface area contributed by atoms with E-state index in [2.05, 4.69) is 34.5 Å². The van der Waals surface area contributed by atoms with Gasteiger partial charge in [-0.2, -0.15) is 0 Å². The summed E-state index contributed by atoms with van der Waals surface area (Å²) in [6.07, 6.45) is 4.57. The Bertz CT molecular complexity index is 570. The Labute approximate surface area is 126 Å². The molecule has 1 amide bonds. The fourth-order valence-corrected chi connectivity index (χ4v) is 4.63. The zero-order valence-electron chi connectivity index (χ0n) is 12.8. The predicted molar refractivity (Wildman–Crippen MR) is 83.2 cm³/mol. The first kappa shape index (κ1) is 13.3. The maximum atomic E-state index is 12.8. The summed E-state index contributed by atoms with van der Waals surface area (Å²) in [7, 11) is 2.00. The summed E-state index contributed by atoms with van der Waals surface area (Å²) in [5.74, 6) is 1.32. The number of aryl methyl sites for hydroxylation is 1. The van der Waals surface area contributed by atoms with Crippen molar-refractivity contribution in [3.05, 3.63) is 35.4 Å². The fourth-order valence-electron chi connectivity index (χ4n) is 4.63. The van der Waals surface area contributed by atoms with Crippen molar-refractivity contribution in [1.29, 1.82) is 0 Å². The lowest BCUT2D eigenvalue weighted by Crippen LogP contribution is -2.33. The third kappa shape index (κ3) is 2.02. The summed E-state index contributed by atoms with van der Waals surface area (Å²) in [5, 5.41) is 3.24. The van der Waals surface area contributed by atoms with Crippen molar-refractivity contribution in [2.45, 2.75) is 31.1 Å². The van der Waals surface area contributed by atoms with E-state index in [1.165, 1.54) is 17.5 Å². The molecule has 2 aliphatic carbocycles. The lowest BCUT2D eigenvalue weighted by molar-refractivity contribution is -0.132. The van der Waals surface area contributed by atoms with Gasteiger partial charge in [-0.05, 0) is 56.3 Å². The Hall–Kier alpha value is -1.35. The molecule has 0 radical (unpaired) electrons. The summed E-state index contributed by atoms with van der Waals surface area (Å²) in [5.41, 5.74) is 3.14. The van der Waals surface area contributed by atoms with Crippen LogP contribution < -0.4 is 5.32 Å². The number of likely N-dealkylation sites (tertiary alicyclic amines) is 1. The van der Waals surface area contributed by atoms with Gasteiger partial charge in [-0.1, -0.05) is 24.3 Å². The van der Waals surface area contributed by atoms with Crippen LogP contribution in [-0.2, 0) is 16.6 Å². The lowest BCUT2D eigenvalue weighted by atomic mass is 9.95. The van der Waals surface area contributed by atoms with Gasteiger partial charge in [0.25, 0.3) is 0 Å².